The van der Waals surface area contributed by atoms with E-state index in [0.29, 0.717) is 30.0 Å². The predicted octanol–water partition coefficient (Wildman–Crippen LogP) is 4.48. The lowest BCUT2D eigenvalue weighted by molar-refractivity contribution is 0.0701. The van der Waals surface area contributed by atoms with Gasteiger partial charge in [-0.25, -0.2) is 0 Å². The lowest BCUT2D eigenvalue weighted by Gasteiger charge is -2.29. The minimum atomic E-state index is 0.00686. The van der Waals surface area contributed by atoms with Crippen LogP contribution in [0.25, 0.3) is 10.8 Å². The highest BCUT2D eigenvalue weighted by Crippen LogP contribution is 2.43. The normalized spacial score (nSPS) is 22.6. The second-order valence-corrected chi connectivity index (χ2v) is 7.97. The van der Waals surface area contributed by atoms with Crippen LogP contribution in [0, 0.1) is 17.8 Å². The van der Waals surface area contributed by atoms with Crippen molar-refractivity contribution in [2.24, 2.45) is 17.8 Å². The van der Waals surface area contributed by atoms with Gasteiger partial charge < -0.3 is 4.90 Å². The van der Waals surface area contributed by atoms with Crippen LogP contribution in [-0.2, 0) is 6.54 Å². The molecule has 4 nitrogen and oxygen atoms in total. The van der Waals surface area contributed by atoms with E-state index in [-0.39, 0.29) is 5.91 Å². The Morgan fingerprint density at radius 2 is 1.96 bits per heavy atom. The molecular weight excluding hydrogens is 346 g/mol. The molecule has 2 aliphatic rings. The van der Waals surface area contributed by atoms with Crippen molar-refractivity contribution in [1.29, 1.82) is 0 Å². The van der Waals surface area contributed by atoms with Gasteiger partial charge in [-0.3, -0.25) is 14.8 Å². The summed E-state index contributed by atoms with van der Waals surface area (Å²) in [4.78, 5) is 24.3. The Balaban J connectivity index is 1.47. The van der Waals surface area contributed by atoms with Gasteiger partial charge in [0.1, 0.15) is 5.69 Å². The van der Waals surface area contributed by atoms with Crippen LogP contribution >= 0.6 is 0 Å². The molecule has 1 aromatic carbocycles. The third kappa shape index (κ3) is 3.19. The Kier molecular flexibility index (Phi) is 4.40. The minimum Gasteiger partial charge on any atom is -0.333 e. The van der Waals surface area contributed by atoms with E-state index >= 15 is 0 Å². The number of hydrogen-bond donors (Lipinski definition) is 0. The summed E-state index contributed by atoms with van der Waals surface area (Å²) in [6, 6.07) is 13.9. The summed E-state index contributed by atoms with van der Waals surface area (Å²) >= 11 is 0. The van der Waals surface area contributed by atoms with Crippen molar-refractivity contribution < 1.29 is 4.79 Å². The molecule has 3 atom stereocenters. The highest BCUT2D eigenvalue weighted by atomic mass is 16.2. The maximum absolute atomic E-state index is 13.6. The van der Waals surface area contributed by atoms with Crippen molar-refractivity contribution in [3.63, 3.8) is 0 Å². The van der Waals surface area contributed by atoms with Gasteiger partial charge in [0.05, 0.1) is 0 Å². The highest BCUT2D eigenvalue weighted by Gasteiger charge is 2.37. The smallest absolute Gasteiger partial charge is 0.273 e. The second-order valence-electron chi connectivity index (χ2n) is 7.97. The number of fused-ring (bicyclic) bond motifs is 3. The topological polar surface area (TPSA) is 46.1 Å². The molecule has 3 aromatic rings. The molecule has 1 fully saturated rings. The van der Waals surface area contributed by atoms with Crippen LogP contribution in [0.15, 0.2) is 73.2 Å². The van der Waals surface area contributed by atoms with E-state index in [2.05, 4.69) is 22.1 Å². The fourth-order valence-electron chi connectivity index (χ4n) is 4.76. The van der Waals surface area contributed by atoms with Crippen LogP contribution in [0.3, 0.4) is 0 Å². The third-order valence-electron chi connectivity index (χ3n) is 6.13. The molecule has 2 heterocycles. The molecule has 0 unspecified atom stereocenters. The highest BCUT2D eigenvalue weighted by molar-refractivity contribution is 6.05. The molecular formula is C24H23N3O. The van der Waals surface area contributed by atoms with Crippen molar-refractivity contribution in [2.75, 3.05) is 6.54 Å². The van der Waals surface area contributed by atoms with Gasteiger partial charge in [-0.1, -0.05) is 42.5 Å². The molecule has 140 valence electrons. The molecule has 5 rings (SSSR count). The molecule has 0 saturated heterocycles. The molecule has 1 amide bonds. The second kappa shape index (κ2) is 7.19. The Bertz CT molecular complexity index is 1020. The van der Waals surface area contributed by atoms with Gasteiger partial charge in [0.15, 0.2) is 0 Å². The minimum absolute atomic E-state index is 0.00686. The third-order valence-corrected chi connectivity index (χ3v) is 6.13. The summed E-state index contributed by atoms with van der Waals surface area (Å²) < 4.78 is 0. The fourth-order valence-corrected chi connectivity index (χ4v) is 4.76. The molecule has 0 spiro atoms. The molecule has 0 N–H and O–H groups in total. The van der Waals surface area contributed by atoms with Crippen LogP contribution in [0.4, 0.5) is 0 Å². The summed E-state index contributed by atoms with van der Waals surface area (Å²) in [6.07, 6.45) is 12.5. The molecule has 28 heavy (non-hydrogen) atoms. The zero-order valence-electron chi connectivity index (χ0n) is 15.7. The van der Waals surface area contributed by atoms with E-state index in [9.17, 15) is 4.79 Å². The number of benzene rings is 1. The van der Waals surface area contributed by atoms with Gasteiger partial charge in [-0.05, 0) is 53.7 Å². The van der Waals surface area contributed by atoms with Crippen LogP contribution < -0.4 is 0 Å². The van der Waals surface area contributed by atoms with E-state index in [4.69, 9.17) is 0 Å². The molecule has 4 heteroatoms. The van der Waals surface area contributed by atoms with Crippen LogP contribution in [0.1, 0.15) is 28.9 Å². The van der Waals surface area contributed by atoms with E-state index in [1.54, 1.807) is 12.4 Å². The van der Waals surface area contributed by atoms with Gasteiger partial charge in [0, 0.05) is 37.1 Å². The Labute approximate surface area is 164 Å². The lowest BCUT2D eigenvalue weighted by atomic mass is 9.92. The maximum atomic E-state index is 13.6. The first kappa shape index (κ1) is 17.1. The maximum Gasteiger partial charge on any atom is 0.273 e. The molecule has 2 bridgehead atoms. The summed E-state index contributed by atoms with van der Waals surface area (Å²) in [6.45, 7) is 1.33. The zero-order valence-corrected chi connectivity index (χ0v) is 15.7. The summed E-state index contributed by atoms with van der Waals surface area (Å²) in [7, 11) is 0. The van der Waals surface area contributed by atoms with Crippen molar-refractivity contribution in [3.05, 3.63) is 84.5 Å². The van der Waals surface area contributed by atoms with E-state index in [0.717, 1.165) is 22.9 Å². The van der Waals surface area contributed by atoms with Gasteiger partial charge in [-0.2, -0.15) is 0 Å². The van der Waals surface area contributed by atoms with Gasteiger partial charge in [-0.15, -0.1) is 0 Å². The number of amides is 1. The molecule has 2 aromatic heterocycles. The van der Waals surface area contributed by atoms with Crippen molar-refractivity contribution >= 4 is 16.7 Å². The molecule has 2 aliphatic carbocycles. The van der Waals surface area contributed by atoms with Crippen LogP contribution in [0.5, 0.6) is 0 Å². The number of carbonyl (C=O) groups excluding carboxylic acids is 1. The van der Waals surface area contributed by atoms with E-state index < -0.39 is 0 Å². The number of aromatic nitrogens is 2. The SMILES string of the molecule is O=C(c1nccc2ccccc12)N(Cc1cccnc1)C[C@H]1C[C@H]2C=C[C@H]1C2. The summed E-state index contributed by atoms with van der Waals surface area (Å²) in [5, 5.41) is 1.96. The largest absolute Gasteiger partial charge is 0.333 e. The number of rotatable bonds is 5. The first-order valence-electron chi connectivity index (χ1n) is 9.98. The molecule has 0 radical (unpaired) electrons. The quantitative estimate of drug-likeness (QED) is 0.623. The van der Waals surface area contributed by atoms with Gasteiger partial charge in [0.25, 0.3) is 5.91 Å². The molecule has 1 saturated carbocycles. The number of pyridine rings is 2. The monoisotopic (exact) mass is 369 g/mol. The Morgan fingerprint density at radius 1 is 1.04 bits per heavy atom. The standard InChI is InChI=1S/C24H23N3O/c28-24(23-22-6-2-1-5-19(22)9-11-26-23)27(15-18-4-3-10-25-14-18)16-21-13-17-7-8-20(21)12-17/h1-11,14,17,20-21H,12-13,15-16H2/t17-,20-,21+/m0/s1. The predicted molar refractivity (Wildman–Crippen MR) is 110 cm³/mol. The van der Waals surface area contributed by atoms with E-state index in [1.807, 2.05) is 53.6 Å². The van der Waals surface area contributed by atoms with Crippen LogP contribution in [-0.4, -0.2) is 27.3 Å². The summed E-state index contributed by atoms with van der Waals surface area (Å²) in [5.41, 5.74) is 1.59. The molecule has 0 aliphatic heterocycles. The fraction of sp³-hybridized carbons (Fsp3) is 0.292. The van der Waals surface area contributed by atoms with Gasteiger partial charge in [0.2, 0.25) is 0 Å². The number of hydrogen-bond acceptors (Lipinski definition) is 3. The average Bonchev–Trinajstić information content (AvgIpc) is 3.36. The Hall–Kier alpha value is -3.01. The first-order chi connectivity index (χ1) is 13.8. The van der Waals surface area contributed by atoms with E-state index in [1.165, 1.54) is 12.8 Å². The first-order valence-corrected chi connectivity index (χ1v) is 9.98. The number of allylic oxidation sites excluding steroid dienone is 2. The van der Waals surface area contributed by atoms with Crippen LogP contribution in [0.2, 0.25) is 0 Å². The van der Waals surface area contributed by atoms with Gasteiger partial charge >= 0.3 is 0 Å². The number of carbonyl (C=O) groups is 1. The van der Waals surface area contributed by atoms with Crippen molar-refractivity contribution in [2.45, 2.75) is 19.4 Å². The summed E-state index contributed by atoms with van der Waals surface area (Å²) in [5.74, 6) is 1.84. The number of nitrogens with zero attached hydrogens (tertiary/aromatic N) is 3. The van der Waals surface area contributed by atoms with Crippen molar-refractivity contribution in [1.82, 2.24) is 14.9 Å². The zero-order chi connectivity index (χ0) is 18.9. The van der Waals surface area contributed by atoms with Crippen molar-refractivity contribution in [3.8, 4) is 0 Å². The Morgan fingerprint density at radius 3 is 2.75 bits per heavy atom. The average molecular weight is 369 g/mol. The lowest BCUT2D eigenvalue weighted by Crippen LogP contribution is -2.36.